The summed E-state index contributed by atoms with van der Waals surface area (Å²) in [6.45, 7) is 5.27. The Morgan fingerprint density at radius 3 is 2.44 bits per heavy atom. The van der Waals surface area contributed by atoms with Crippen LogP contribution in [0, 0.1) is 5.92 Å². The highest BCUT2D eigenvalue weighted by Gasteiger charge is 2.30. The van der Waals surface area contributed by atoms with Crippen LogP contribution in [0.3, 0.4) is 0 Å². The van der Waals surface area contributed by atoms with Gasteiger partial charge in [0.25, 0.3) is 10.2 Å². The van der Waals surface area contributed by atoms with Crippen LogP contribution in [-0.2, 0) is 16.6 Å². The van der Waals surface area contributed by atoms with Crippen LogP contribution in [0.2, 0.25) is 0 Å². The Bertz CT molecular complexity index is 869. The first kappa shape index (κ1) is 19.9. The lowest BCUT2D eigenvalue weighted by atomic mass is 9.92. The Kier molecular flexibility index (Phi) is 5.92. The van der Waals surface area contributed by atoms with Crippen molar-refractivity contribution in [1.29, 1.82) is 0 Å². The molecular weight excluding hydrogens is 364 g/mol. The van der Waals surface area contributed by atoms with Crippen molar-refractivity contribution < 1.29 is 8.42 Å². The van der Waals surface area contributed by atoms with Gasteiger partial charge in [-0.05, 0) is 39.0 Å². The Morgan fingerprint density at radius 2 is 1.85 bits per heavy atom. The highest BCUT2D eigenvalue weighted by atomic mass is 32.2. The molecule has 0 radical (unpaired) electrons. The fourth-order valence-electron chi connectivity index (χ4n) is 3.35. The van der Waals surface area contributed by atoms with Gasteiger partial charge < -0.3 is 0 Å². The van der Waals surface area contributed by atoms with Gasteiger partial charge in [-0.15, -0.1) is 0 Å². The molecule has 0 N–H and O–H groups in total. The zero-order valence-corrected chi connectivity index (χ0v) is 17.2. The minimum absolute atomic E-state index is 0.293. The lowest BCUT2D eigenvalue weighted by Gasteiger charge is -2.32. The van der Waals surface area contributed by atoms with Crippen LogP contribution < -0.4 is 0 Å². The lowest BCUT2D eigenvalue weighted by Crippen LogP contribution is -2.44. The number of hydrogen-bond donors (Lipinski definition) is 0. The van der Waals surface area contributed by atoms with E-state index < -0.39 is 10.2 Å². The normalized spacial score (nSPS) is 17.1. The number of aromatic nitrogens is 4. The molecule has 3 rings (SSSR count). The Labute approximate surface area is 161 Å². The van der Waals surface area contributed by atoms with Gasteiger partial charge in [0.05, 0.1) is 17.6 Å². The van der Waals surface area contributed by atoms with Crippen LogP contribution >= 0.6 is 0 Å². The summed E-state index contributed by atoms with van der Waals surface area (Å²) < 4.78 is 29.3. The van der Waals surface area contributed by atoms with E-state index >= 15 is 0 Å². The molecule has 0 bridgehead atoms. The molecule has 8 nitrogen and oxygen atoms in total. The van der Waals surface area contributed by atoms with Crippen molar-refractivity contribution in [3.63, 3.8) is 0 Å². The number of piperidine rings is 1. The minimum Gasteiger partial charge on any atom is -0.270 e. The maximum Gasteiger partial charge on any atom is 0.281 e. The molecule has 2 aromatic rings. The second-order valence-corrected chi connectivity index (χ2v) is 9.63. The van der Waals surface area contributed by atoms with Gasteiger partial charge in [0.15, 0.2) is 0 Å². The van der Waals surface area contributed by atoms with Crippen LogP contribution in [0.5, 0.6) is 0 Å². The van der Waals surface area contributed by atoms with Crippen molar-refractivity contribution in [1.82, 2.24) is 28.4 Å². The third-order valence-electron chi connectivity index (χ3n) is 5.02. The van der Waals surface area contributed by atoms with E-state index in [1.807, 2.05) is 17.1 Å². The fourth-order valence-corrected chi connectivity index (χ4v) is 4.48. The van der Waals surface area contributed by atoms with E-state index in [0.29, 0.717) is 25.0 Å². The maximum atomic E-state index is 12.3. The van der Waals surface area contributed by atoms with Crippen molar-refractivity contribution in [2.45, 2.75) is 39.2 Å². The molecular formula is C18H28N6O2S. The summed E-state index contributed by atoms with van der Waals surface area (Å²) >= 11 is 0. The van der Waals surface area contributed by atoms with Gasteiger partial charge in [-0.3, -0.25) is 14.6 Å². The predicted molar refractivity (Wildman–Crippen MR) is 104 cm³/mol. The average Bonchev–Trinajstić information content (AvgIpc) is 3.13. The van der Waals surface area contributed by atoms with Gasteiger partial charge in [0, 0.05) is 57.4 Å². The lowest BCUT2D eigenvalue weighted by molar-refractivity contribution is 0.261. The second-order valence-electron chi connectivity index (χ2n) is 7.49. The van der Waals surface area contributed by atoms with E-state index in [4.69, 9.17) is 0 Å². The first-order valence-electron chi connectivity index (χ1n) is 9.31. The monoisotopic (exact) mass is 392 g/mol. The zero-order chi connectivity index (χ0) is 19.6. The molecule has 0 atom stereocenters. The molecule has 27 heavy (non-hydrogen) atoms. The summed E-state index contributed by atoms with van der Waals surface area (Å²) in [6.07, 6.45) is 9.72. The summed E-state index contributed by atoms with van der Waals surface area (Å²) in [5.41, 5.74) is 2.79. The molecule has 0 aromatic carbocycles. The average molecular weight is 393 g/mol. The van der Waals surface area contributed by atoms with Crippen molar-refractivity contribution in [3.05, 3.63) is 30.5 Å². The van der Waals surface area contributed by atoms with Gasteiger partial charge in [-0.2, -0.15) is 22.1 Å². The zero-order valence-electron chi connectivity index (χ0n) is 16.4. The molecule has 2 aromatic heterocycles. The minimum atomic E-state index is -3.33. The largest absolute Gasteiger partial charge is 0.281 e. The third-order valence-corrected chi connectivity index (χ3v) is 6.96. The fraction of sp³-hybridized carbons (Fsp3) is 0.611. The van der Waals surface area contributed by atoms with E-state index in [0.717, 1.165) is 36.2 Å². The van der Waals surface area contributed by atoms with Gasteiger partial charge in [0.2, 0.25) is 0 Å². The molecule has 0 aliphatic carbocycles. The van der Waals surface area contributed by atoms with E-state index in [-0.39, 0.29) is 0 Å². The van der Waals surface area contributed by atoms with Gasteiger partial charge in [-0.25, -0.2) is 0 Å². The number of nitrogens with zero attached hydrogens (tertiary/aromatic N) is 6. The van der Waals surface area contributed by atoms with E-state index in [9.17, 15) is 8.42 Å². The van der Waals surface area contributed by atoms with Gasteiger partial charge in [-0.1, -0.05) is 0 Å². The second kappa shape index (κ2) is 8.04. The molecule has 9 heteroatoms. The van der Waals surface area contributed by atoms with Crippen LogP contribution in [-0.4, -0.2) is 64.0 Å². The molecule has 0 saturated carbocycles. The Morgan fingerprint density at radius 1 is 1.19 bits per heavy atom. The Hall–Kier alpha value is -1.84. The summed E-state index contributed by atoms with van der Waals surface area (Å²) in [6, 6.07) is 0.293. The molecule has 1 saturated heterocycles. The van der Waals surface area contributed by atoms with Gasteiger partial charge >= 0.3 is 0 Å². The summed E-state index contributed by atoms with van der Waals surface area (Å²) in [4.78, 5) is 9.10. The van der Waals surface area contributed by atoms with Crippen molar-refractivity contribution >= 4 is 10.2 Å². The van der Waals surface area contributed by atoms with Crippen LogP contribution in [0.25, 0.3) is 11.3 Å². The highest BCUT2D eigenvalue weighted by molar-refractivity contribution is 7.86. The van der Waals surface area contributed by atoms with Crippen LogP contribution in [0.15, 0.2) is 24.8 Å². The smallest absolute Gasteiger partial charge is 0.270 e. The van der Waals surface area contributed by atoms with E-state index in [1.165, 1.54) is 4.31 Å². The molecule has 148 valence electrons. The van der Waals surface area contributed by atoms with Gasteiger partial charge in [0.1, 0.15) is 0 Å². The van der Waals surface area contributed by atoms with Crippen LogP contribution in [0.4, 0.5) is 0 Å². The first-order valence-corrected chi connectivity index (χ1v) is 10.7. The first-order chi connectivity index (χ1) is 12.8. The quantitative estimate of drug-likeness (QED) is 0.750. The molecule has 1 fully saturated rings. The molecule has 0 spiro atoms. The molecule has 1 aliphatic heterocycles. The molecule has 0 amide bonds. The third kappa shape index (κ3) is 4.36. The summed E-state index contributed by atoms with van der Waals surface area (Å²) in [5, 5.41) is 4.40. The molecule has 1 aliphatic rings. The SMILES string of the molecule is CC(C)n1cc(-c2nccnc2CC2CCN(S(=O)(=O)N(C)C)CC2)cn1. The van der Waals surface area contributed by atoms with Crippen LogP contribution in [0.1, 0.15) is 38.4 Å². The van der Waals surface area contributed by atoms with Crippen molar-refractivity contribution in [2.24, 2.45) is 5.92 Å². The molecule has 0 unspecified atom stereocenters. The topological polar surface area (TPSA) is 84.2 Å². The standard InChI is InChI=1S/C18H28N6O2S/c1-14(2)24-13-16(12-21-24)18-17(19-7-8-20-18)11-15-5-9-23(10-6-15)27(25,26)22(3)4/h7-8,12-15H,5-6,9-11H2,1-4H3. The van der Waals surface area contributed by atoms with E-state index in [2.05, 4.69) is 28.9 Å². The van der Waals surface area contributed by atoms with Crippen molar-refractivity contribution in [3.8, 4) is 11.3 Å². The Balaban J connectivity index is 1.71. The number of rotatable bonds is 6. The van der Waals surface area contributed by atoms with E-state index in [1.54, 1.807) is 30.8 Å². The molecule has 3 heterocycles. The highest BCUT2D eigenvalue weighted by Crippen LogP contribution is 2.27. The maximum absolute atomic E-state index is 12.3. The predicted octanol–water partition coefficient (Wildman–Crippen LogP) is 1.98. The summed E-state index contributed by atoms with van der Waals surface area (Å²) in [7, 11) is -0.177. The van der Waals surface area contributed by atoms with Crippen molar-refractivity contribution in [2.75, 3.05) is 27.2 Å². The summed E-state index contributed by atoms with van der Waals surface area (Å²) in [5.74, 6) is 0.397. The number of hydrogen-bond acceptors (Lipinski definition) is 5.